The maximum absolute atomic E-state index is 13.4. The number of unbranched alkanes of at least 4 members (excludes halogenated alkanes) is 2. The van der Waals surface area contributed by atoms with Gasteiger partial charge in [-0.25, -0.2) is 0 Å². The molecule has 160 valence electrons. The molecule has 1 aliphatic heterocycles. The van der Waals surface area contributed by atoms with Crippen LogP contribution < -0.4 is 9.47 Å². The molecule has 0 aromatic heterocycles. The molecule has 0 aliphatic carbocycles. The molecule has 1 saturated heterocycles. The average molecular weight is 404 g/mol. The molecular weight excluding hydrogens is 370 g/mol. The van der Waals surface area contributed by atoms with E-state index in [-0.39, 0.29) is 12.1 Å². The van der Waals surface area contributed by atoms with Gasteiger partial charge in [0.05, 0.1) is 25.9 Å². The van der Waals surface area contributed by atoms with Crippen LogP contribution in [0.4, 0.5) is 0 Å². The molecule has 1 aromatic rings. The Hall–Kier alpha value is -2.44. The third-order valence-corrected chi connectivity index (χ3v) is 5.56. The van der Waals surface area contributed by atoms with E-state index in [9.17, 15) is 4.79 Å². The summed E-state index contributed by atoms with van der Waals surface area (Å²) in [5.41, 5.74) is 9.93. The summed E-state index contributed by atoms with van der Waals surface area (Å²) in [4.78, 5) is 20.3. The van der Waals surface area contributed by atoms with Crippen molar-refractivity contribution >= 4 is 5.91 Å². The number of likely N-dealkylation sites (tertiary alicyclic amines) is 1. The number of methoxy groups -OCH3 is 2. The molecule has 1 atom stereocenters. The predicted octanol–water partition coefficient (Wildman–Crippen LogP) is 4.24. The number of nitrogens with zero attached hydrogens (tertiary/aromatic N) is 5. The van der Waals surface area contributed by atoms with E-state index in [1.165, 1.54) is 0 Å². The molecule has 2 rings (SSSR count). The van der Waals surface area contributed by atoms with Crippen molar-refractivity contribution in [2.45, 2.75) is 51.6 Å². The molecule has 1 heterocycles. The first kappa shape index (κ1) is 22.8. The van der Waals surface area contributed by atoms with E-state index in [0.29, 0.717) is 23.6 Å². The third-order valence-electron chi connectivity index (χ3n) is 5.56. The number of carbonyl (C=O) groups is 1. The molecule has 0 radical (unpaired) electrons. The lowest BCUT2D eigenvalue weighted by Gasteiger charge is -2.32. The first-order valence-electron chi connectivity index (χ1n) is 10.3. The fourth-order valence-corrected chi connectivity index (χ4v) is 4.00. The van der Waals surface area contributed by atoms with Crippen LogP contribution in [-0.4, -0.2) is 62.8 Å². The van der Waals surface area contributed by atoms with E-state index in [1.54, 1.807) is 14.2 Å². The largest absolute Gasteiger partial charge is 0.493 e. The van der Waals surface area contributed by atoms with Gasteiger partial charge in [-0.05, 0) is 61.9 Å². The smallest absolute Gasteiger partial charge is 0.258 e. The van der Waals surface area contributed by atoms with Crippen LogP contribution in [0.5, 0.6) is 11.5 Å². The normalized spacial score (nSPS) is 16.3. The van der Waals surface area contributed by atoms with Crippen molar-refractivity contribution in [1.82, 2.24) is 9.80 Å². The minimum absolute atomic E-state index is 0.0456. The quantitative estimate of drug-likeness (QED) is 0.239. The van der Waals surface area contributed by atoms with Crippen molar-refractivity contribution in [3.8, 4) is 11.5 Å². The van der Waals surface area contributed by atoms with E-state index >= 15 is 0 Å². The number of aryl methyl sites for hydroxylation is 1. The van der Waals surface area contributed by atoms with Gasteiger partial charge in [0.15, 0.2) is 11.5 Å². The second-order valence-electron chi connectivity index (χ2n) is 7.31. The molecule has 1 amide bonds. The Bertz CT molecular complexity index is 733. The van der Waals surface area contributed by atoms with Crippen LogP contribution in [0.2, 0.25) is 0 Å². The highest BCUT2D eigenvalue weighted by molar-refractivity contribution is 5.98. The van der Waals surface area contributed by atoms with Crippen LogP contribution in [0.25, 0.3) is 10.4 Å². The van der Waals surface area contributed by atoms with Gasteiger partial charge in [-0.15, -0.1) is 0 Å². The van der Waals surface area contributed by atoms with Crippen LogP contribution in [-0.2, 0) is 6.42 Å². The Morgan fingerprint density at radius 3 is 2.76 bits per heavy atom. The molecule has 1 aliphatic rings. The molecule has 0 spiro atoms. The van der Waals surface area contributed by atoms with E-state index in [2.05, 4.69) is 21.8 Å². The number of hydrogen-bond donors (Lipinski definition) is 0. The maximum Gasteiger partial charge on any atom is 0.258 e. The van der Waals surface area contributed by atoms with Crippen LogP contribution in [0.3, 0.4) is 0 Å². The second kappa shape index (κ2) is 11.5. The summed E-state index contributed by atoms with van der Waals surface area (Å²) in [6, 6.07) is 3.87. The van der Waals surface area contributed by atoms with Crippen LogP contribution >= 0.6 is 0 Å². The first-order chi connectivity index (χ1) is 14.1. The average Bonchev–Trinajstić information content (AvgIpc) is 3.23. The molecule has 29 heavy (non-hydrogen) atoms. The molecule has 1 unspecified atom stereocenters. The lowest BCUT2D eigenvalue weighted by atomic mass is 10.0. The number of azide groups is 1. The first-order valence-corrected chi connectivity index (χ1v) is 10.3. The van der Waals surface area contributed by atoms with E-state index in [1.807, 2.05) is 24.1 Å². The highest BCUT2D eigenvalue weighted by Crippen LogP contribution is 2.35. The van der Waals surface area contributed by atoms with Crippen LogP contribution in [0, 0.1) is 0 Å². The Balaban J connectivity index is 2.19. The minimum atomic E-state index is -0.0456. The molecule has 1 fully saturated rings. The zero-order valence-corrected chi connectivity index (χ0v) is 18.1. The molecule has 8 nitrogen and oxygen atoms in total. The van der Waals surface area contributed by atoms with E-state index in [0.717, 1.165) is 57.2 Å². The number of ether oxygens (including phenoxy) is 2. The molecule has 0 saturated carbocycles. The maximum atomic E-state index is 13.4. The Morgan fingerprint density at radius 1 is 1.31 bits per heavy atom. The summed E-state index contributed by atoms with van der Waals surface area (Å²) in [6.07, 6.45) is 5.81. The lowest BCUT2D eigenvalue weighted by molar-refractivity contribution is 0.0543. The highest BCUT2D eigenvalue weighted by Gasteiger charge is 2.31. The number of benzene rings is 1. The van der Waals surface area contributed by atoms with Gasteiger partial charge in [-0.2, -0.15) is 0 Å². The minimum Gasteiger partial charge on any atom is -0.493 e. The summed E-state index contributed by atoms with van der Waals surface area (Å²) in [5, 5.41) is 3.56. The molecule has 0 bridgehead atoms. The Kier molecular flexibility index (Phi) is 9.09. The predicted molar refractivity (Wildman–Crippen MR) is 113 cm³/mol. The lowest BCUT2D eigenvalue weighted by Crippen LogP contribution is -2.45. The second-order valence-corrected chi connectivity index (χ2v) is 7.31. The topological polar surface area (TPSA) is 90.8 Å². The highest BCUT2D eigenvalue weighted by atomic mass is 16.5. The van der Waals surface area contributed by atoms with Gasteiger partial charge in [0.25, 0.3) is 5.91 Å². The number of carbonyl (C=O) groups excluding carboxylic acids is 1. The number of amides is 1. The number of hydrogen-bond acceptors (Lipinski definition) is 5. The van der Waals surface area contributed by atoms with Gasteiger partial charge < -0.3 is 14.4 Å². The number of rotatable bonds is 11. The van der Waals surface area contributed by atoms with Crippen molar-refractivity contribution in [2.24, 2.45) is 5.11 Å². The zero-order valence-electron chi connectivity index (χ0n) is 18.1. The van der Waals surface area contributed by atoms with Crippen molar-refractivity contribution in [2.75, 3.05) is 40.9 Å². The van der Waals surface area contributed by atoms with Crippen molar-refractivity contribution in [3.63, 3.8) is 0 Å². The van der Waals surface area contributed by atoms with Gasteiger partial charge in [0, 0.05) is 25.0 Å². The van der Waals surface area contributed by atoms with Crippen LogP contribution in [0.1, 0.15) is 54.9 Å². The monoisotopic (exact) mass is 403 g/mol. The standard InChI is InChI=1S/C21H33N5O3/c1-5-26-13-9-11-19(26)25(2)21(27)17-14-16(10-7-6-8-12-23-24-22)15-18(28-3)20(17)29-4/h14-15,19H,5-13H2,1-4H3. The summed E-state index contributed by atoms with van der Waals surface area (Å²) in [6.45, 7) is 4.60. The van der Waals surface area contributed by atoms with Crippen molar-refractivity contribution in [1.29, 1.82) is 0 Å². The van der Waals surface area contributed by atoms with Gasteiger partial charge in [-0.1, -0.05) is 18.5 Å². The molecule has 8 heteroatoms. The fourth-order valence-electron chi connectivity index (χ4n) is 4.00. The van der Waals surface area contributed by atoms with Crippen molar-refractivity contribution < 1.29 is 14.3 Å². The van der Waals surface area contributed by atoms with Gasteiger partial charge in [0.2, 0.25) is 0 Å². The molecular formula is C21H33N5O3. The summed E-state index contributed by atoms with van der Waals surface area (Å²) in [5.74, 6) is 1.02. The zero-order chi connectivity index (χ0) is 21.2. The van der Waals surface area contributed by atoms with E-state index < -0.39 is 0 Å². The third kappa shape index (κ3) is 5.78. The van der Waals surface area contributed by atoms with E-state index in [4.69, 9.17) is 15.0 Å². The van der Waals surface area contributed by atoms with Gasteiger partial charge in [0.1, 0.15) is 0 Å². The summed E-state index contributed by atoms with van der Waals surface area (Å²) in [7, 11) is 5.03. The summed E-state index contributed by atoms with van der Waals surface area (Å²) < 4.78 is 11.1. The fraction of sp³-hybridized carbons (Fsp3) is 0.667. The summed E-state index contributed by atoms with van der Waals surface area (Å²) >= 11 is 0. The Morgan fingerprint density at radius 2 is 2.10 bits per heavy atom. The van der Waals surface area contributed by atoms with Gasteiger partial charge in [-0.3, -0.25) is 9.69 Å². The van der Waals surface area contributed by atoms with Gasteiger partial charge >= 0.3 is 0 Å². The SMILES string of the molecule is CCN1CCCC1N(C)C(=O)c1cc(CCCCCN=[N+]=[N-])cc(OC)c1OC. The Labute approximate surface area is 173 Å². The molecule has 1 aromatic carbocycles. The van der Waals surface area contributed by atoms with Crippen molar-refractivity contribution in [3.05, 3.63) is 33.7 Å². The molecule has 0 N–H and O–H groups in total. The van der Waals surface area contributed by atoms with Crippen LogP contribution in [0.15, 0.2) is 17.2 Å².